The van der Waals surface area contributed by atoms with Crippen molar-refractivity contribution in [3.8, 4) is 11.5 Å². The van der Waals surface area contributed by atoms with Gasteiger partial charge in [-0.1, -0.05) is 29.3 Å². The fourth-order valence-corrected chi connectivity index (χ4v) is 4.11. The summed E-state index contributed by atoms with van der Waals surface area (Å²) >= 11 is 12.3. The molecule has 10 heteroatoms. The van der Waals surface area contributed by atoms with Crippen LogP contribution in [-0.2, 0) is 7.05 Å². The van der Waals surface area contributed by atoms with Crippen LogP contribution in [0.2, 0.25) is 10.0 Å². The number of hydrogen-bond acceptors (Lipinski definition) is 7. The summed E-state index contributed by atoms with van der Waals surface area (Å²) in [5.41, 5.74) is 0.178. The van der Waals surface area contributed by atoms with E-state index in [4.69, 9.17) is 27.9 Å². The summed E-state index contributed by atoms with van der Waals surface area (Å²) in [4.78, 5) is 26.6. The van der Waals surface area contributed by atoms with Crippen LogP contribution in [0.15, 0.2) is 35.3 Å². The van der Waals surface area contributed by atoms with Crippen LogP contribution in [0.4, 0.5) is 5.95 Å². The Hall–Kier alpha value is -2.39. The number of anilines is 1. The minimum atomic E-state index is -0.340. The maximum Gasteiger partial charge on any atom is 0.294 e. The van der Waals surface area contributed by atoms with E-state index in [1.54, 1.807) is 37.5 Å². The van der Waals surface area contributed by atoms with E-state index in [1.807, 2.05) is 0 Å². The standard InChI is InChI=1S/C22H26Cl2N6O2/c1-28-9-11-30(12-10-28)8-4-7-25-22-26-14-15-13-18(21(31)29(2)20(15)27-22)32-19-16(23)5-3-6-17(19)24/h3,5-6,13-14H,4,7-12H2,1-2H3,(H,25,26,27). The third kappa shape index (κ3) is 5.15. The maximum absolute atomic E-state index is 12.8. The number of aromatic nitrogens is 3. The van der Waals surface area contributed by atoms with Gasteiger partial charge < -0.3 is 19.9 Å². The van der Waals surface area contributed by atoms with E-state index in [-0.39, 0.29) is 17.1 Å². The molecule has 1 N–H and O–H groups in total. The minimum Gasteiger partial charge on any atom is -0.448 e. The van der Waals surface area contributed by atoms with Gasteiger partial charge in [-0.05, 0) is 38.2 Å². The first-order valence-corrected chi connectivity index (χ1v) is 11.3. The van der Waals surface area contributed by atoms with Gasteiger partial charge in [-0.3, -0.25) is 9.36 Å². The number of nitrogens with zero attached hydrogens (tertiary/aromatic N) is 5. The zero-order chi connectivity index (χ0) is 22.7. The highest BCUT2D eigenvalue weighted by atomic mass is 35.5. The summed E-state index contributed by atoms with van der Waals surface area (Å²) in [5.74, 6) is 0.840. The van der Waals surface area contributed by atoms with Crippen LogP contribution in [0.5, 0.6) is 11.5 Å². The number of pyridine rings is 1. The van der Waals surface area contributed by atoms with Crippen molar-refractivity contribution in [3.05, 3.63) is 50.9 Å². The molecule has 1 fully saturated rings. The Morgan fingerprint density at radius 3 is 2.56 bits per heavy atom. The van der Waals surface area contributed by atoms with Crippen LogP contribution in [0.1, 0.15) is 6.42 Å². The van der Waals surface area contributed by atoms with Gasteiger partial charge in [-0.15, -0.1) is 0 Å². The Bertz CT molecular complexity index is 1140. The van der Waals surface area contributed by atoms with Gasteiger partial charge in [-0.25, -0.2) is 4.98 Å². The summed E-state index contributed by atoms with van der Waals surface area (Å²) in [6.07, 6.45) is 2.67. The molecule has 0 atom stereocenters. The highest BCUT2D eigenvalue weighted by Crippen LogP contribution is 2.35. The molecule has 1 saturated heterocycles. The second-order valence-electron chi connectivity index (χ2n) is 7.92. The zero-order valence-electron chi connectivity index (χ0n) is 18.1. The highest BCUT2D eigenvalue weighted by molar-refractivity contribution is 6.37. The molecule has 0 saturated carbocycles. The van der Waals surface area contributed by atoms with Crippen molar-refractivity contribution in [1.29, 1.82) is 0 Å². The number of likely N-dealkylation sites (N-methyl/N-ethyl adjacent to an activating group) is 1. The van der Waals surface area contributed by atoms with Crippen molar-refractivity contribution in [2.24, 2.45) is 7.05 Å². The van der Waals surface area contributed by atoms with E-state index in [2.05, 4.69) is 32.1 Å². The van der Waals surface area contributed by atoms with Gasteiger partial charge in [0.2, 0.25) is 5.95 Å². The molecular formula is C22H26Cl2N6O2. The topological polar surface area (TPSA) is 75.5 Å². The molecule has 0 bridgehead atoms. The van der Waals surface area contributed by atoms with Gasteiger partial charge in [0.1, 0.15) is 5.65 Å². The van der Waals surface area contributed by atoms with Gasteiger partial charge in [0.25, 0.3) is 5.56 Å². The number of halogens is 2. The van der Waals surface area contributed by atoms with E-state index in [0.29, 0.717) is 27.0 Å². The molecule has 0 aliphatic carbocycles. The summed E-state index contributed by atoms with van der Waals surface area (Å²) < 4.78 is 7.19. The number of fused-ring (bicyclic) bond motifs is 1. The van der Waals surface area contributed by atoms with Crippen LogP contribution in [0.3, 0.4) is 0 Å². The summed E-state index contributed by atoms with van der Waals surface area (Å²) in [6.45, 7) is 6.24. The summed E-state index contributed by atoms with van der Waals surface area (Å²) in [5, 5.41) is 4.59. The van der Waals surface area contributed by atoms with Crippen molar-refractivity contribution < 1.29 is 4.74 Å². The molecule has 170 valence electrons. The third-order valence-corrected chi connectivity index (χ3v) is 6.17. The number of ether oxygens (including phenoxy) is 1. The Morgan fingerprint density at radius 2 is 1.84 bits per heavy atom. The first-order chi connectivity index (χ1) is 15.4. The number of rotatable bonds is 7. The smallest absolute Gasteiger partial charge is 0.294 e. The van der Waals surface area contributed by atoms with Crippen LogP contribution in [-0.4, -0.2) is 70.7 Å². The maximum atomic E-state index is 12.8. The predicted octanol–water partition coefficient (Wildman–Crippen LogP) is 3.48. The van der Waals surface area contributed by atoms with Crippen molar-refractivity contribution >= 4 is 40.2 Å². The summed E-state index contributed by atoms with van der Waals surface area (Å²) in [6, 6.07) is 6.62. The van der Waals surface area contributed by atoms with Gasteiger partial charge in [-0.2, -0.15) is 4.98 Å². The van der Waals surface area contributed by atoms with Gasteiger partial charge in [0.05, 0.1) is 10.0 Å². The second-order valence-corrected chi connectivity index (χ2v) is 8.74. The fraction of sp³-hybridized carbons (Fsp3) is 0.409. The third-order valence-electron chi connectivity index (χ3n) is 5.58. The molecule has 2 aromatic heterocycles. The van der Waals surface area contributed by atoms with E-state index in [1.165, 1.54) is 4.57 Å². The van der Waals surface area contributed by atoms with Crippen molar-refractivity contribution in [2.75, 3.05) is 51.6 Å². The molecule has 0 unspecified atom stereocenters. The molecule has 1 aromatic carbocycles. The molecule has 3 aromatic rings. The predicted molar refractivity (Wildman–Crippen MR) is 128 cm³/mol. The van der Waals surface area contributed by atoms with Gasteiger partial charge in [0.15, 0.2) is 11.5 Å². The van der Waals surface area contributed by atoms with E-state index < -0.39 is 0 Å². The Labute approximate surface area is 196 Å². The number of piperazine rings is 1. The highest BCUT2D eigenvalue weighted by Gasteiger charge is 2.15. The summed E-state index contributed by atoms with van der Waals surface area (Å²) in [7, 11) is 3.81. The lowest BCUT2D eigenvalue weighted by Gasteiger charge is -2.32. The zero-order valence-corrected chi connectivity index (χ0v) is 19.7. The molecule has 1 aliphatic heterocycles. The molecular weight excluding hydrogens is 451 g/mol. The second kappa shape index (κ2) is 10.0. The molecule has 32 heavy (non-hydrogen) atoms. The van der Waals surface area contributed by atoms with Crippen molar-refractivity contribution in [1.82, 2.24) is 24.3 Å². The lowest BCUT2D eigenvalue weighted by molar-refractivity contribution is 0.154. The van der Waals surface area contributed by atoms with Crippen molar-refractivity contribution in [3.63, 3.8) is 0 Å². The van der Waals surface area contributed by atoms with Crippen molar-refractivity contribution in [2.45, 2.75) is 6.42 Å². The molecule has 3 heterocycles. The van der Waals surface area contributed by atoms with Crippen LogP contribution < -0.4 is 15.6 Å². The number of nitrogens with one attached hydrogen (secondary N) is 1. The van der Waals surface area contributed by atoms with E-state index in [0.717, 1.165) is 45.7 Å². The number of aryl methyl sites for hydroxylation is 1. The first kappa shape index (κ1) is 22.8. The molecule has 0 spiro atoms. The number of benzene rings is 1. The van der Waals surface area contributed by atoms with E-state index in [9.17, 15) is 4.79 Å². The average Bonchev–Trinajstić information content (AvgIpc) is 2.78. The Kier molecular flexibility index (Phi) is 7.15. The van der Waals surface area contributed by atoms with Gasteiger partial charge in [0, 0.05) is 51.4 Å². The minimum absolute atomic E-state index is 0.103. The Balaban J connectivity index is 1.44. The van der Waals surface area contributed by atoms with Gasteiger partial charge >= 0.3 is 0 Å². The molecule has 0 amide bonds. The monoisotopic (exact) mass is 476 g/mol. The Morgan fingerprint density at radius 1 is 1.12 bits per heavy atom. The molecule has 1 aliphatic rings. The number of para-hydroxylation sites is 1. The molecule has 4 rings (SSSR count). The normalized spacial score (nSPS) is 15.2. The number of hydrogen-bond donors (Lipinski definition) is 1. The quantitative estimate of drug-likeness (QED) is 0.523. The average molecular weight is 477 g/mol. The van der Waals surface area contributed by atoms with Crippen LogP contribution >= 0.6 is 23.2 Å². The first-order valence-electron chi connectivity index (χ1n) is 10.6. The van der Waals surface area contributed by atoms with Crippen LogP contribution in [0, 0.1) is 0 Å². The molecule has 0 radical (unpaired) electrons. The van der Waals surface area contributed by atoms with Crippen LogP contribution in [0.25, 0.3) is 11.0 Å². The van der Waals surface area contributed by atoms with E-state index >= 15 is 0 Å². The largest absolute Gasteiger partial charge is 0.448 e. The lowest BCUT2D eigenvalue weighted by atomic mass is 10.3. The lowest BCUT2D eigenvalue weighted by Crippen LogP contribution is -2.44. The SMILES string of the molecule is CN1CCN(CCCNc2ncc3cc(Oc4c(Cl)cccc4Cl)c(=O)n(C)c3n2)CC1. The molecule has 8 nitrogen and oxygen atoms in total. The fourth-order valence-electron chi connectivity index (χ4n) is 3.64.